The fraction of sp³-hybridized carbons (Fsp3) is 0.286. The number of H-pyrrole nitrogens is 1. The number of amides is 1. The van der Waals surface area contributed by atoms with Crippen LogP contribution in [0, 0.1) is 6.92 Å². The molecule has 1 aromatic heterocycles. The van der Waals surface area contributed by atoms with Gasteiger partial charge >= 0.3 is 0 Å². The third-order valence-electron chi connectivity index (χ3n) is 1.95. The highest BCUT2D eigenvalue weighted by Crippen LogP contribution is 2.09. The summed E-state index contributed by atoms with van der Waals surface area (Å²) in [6.07, 6.45) is 1.66. The average molecular weight is 179 g/mol. The molecule has 0 radical (unpaired) electrons. The van der Waals surface area contributed by atoms with E-state index in [-0.39, 0.29) is 5.91 Å². The number of nitrogens with zero attached hydrogens (tertiary/aromatic N) is 2. The Labute approximate surface area is 74.2 Å². The number of nitrogens with two attached hydrogens (primary N) is 1. The molecule has 1 amide bonds. The summed E-state index contributed by atoms with van der Waals surface area (Å²) in [6.45, 7) is 1.87. The van der Waals surface area contributed by atoms with E-state index in [0.717, 1.165) is 5.56 Å². The zero-order valence-electron chi connectivity index (χ0n) is 7.03. The molecule has 0 bridgehead atoms. The van der Waals surface area contributed by atoms with E-state index >= 15 is 0 Å². The van der Waals surface area contributed by atoms with Gasteiger partial charge in [-0.15, -0.1) is 0 Å². The van der Waals surface area contributed by atoms with Gasteiger partial charge in [-0.3, -0.25) is 9.89 Å². The fourth-order valence-corrected chi connectivity index (χ4v) is 1.20. The minimum absolute atomic E-state index is 0.288. The summed E-state index contributed by atoms with van der Waals surface area (Å²) in [6, 6.07) is -0.695. The molecule has 0 saturated heterocycles. The molecular weight excluding hydrogens is 170 g/mol. The summed E-state index contributed by atoms with van der Waals surface area (Å²) in [5.74, 6) is -0.288. The zero-order valence-corrected chi connectivity index (χ0v) is 7.03. The average Bonchev–Trinajstić information content (AvgIpc) is 2.62. The van der Waals surface area contributed by atoms with Gasteiger partial charge in [-0.2, -0.15) is 10.2 Å². The van der Waals surface area contributed by atoms with E-state index in [1.165, 1.54) is 0 Å². The summed E-state index contributed by atoms with van der Waals surface area (Å²) in [7, 11) is 0. The van der Waals surface area contributed by atoms with Crippen LogP contribution < -0.4 is 11.2 Å². The van der Waals surface area contributed by atoms with Gasteiger partial charge in [-0.05, 0) is 12.5 Å². The van der Waals surface area contributed by atoms with E-state index in [9.17, 15) is 4.79 Å². The molecule has 1 atom stereocenters. The first kappa shape index (κ1) is 7.93. The monoisotopic (exact) mass is 179 g/mol. The summed E-state index contributed by atoms with van der Waals surface area (Å²) in [5, 5.41) is 10.4. The number of nitrogens with one attached hydrogen (secondary N) is 2. The maximum absolute atomic E-state index is 11.0. The maximum Gasteiger partial charge on any atom is 0.263 e. The van der Waals surface area contributed by atoms with E-state index in [2.05, 4.69) is 20.7 Å². The van der Waals surface area contributed by atoms with E-state index in [4.69, 9.17) is 5.73 Å². The van der Waals surface area contributed by atoms with Crippen molar-refractivity contribution in [1.82, 2.24) is 15.6 Å². The lowest BCUT2D eigenvalue weighted by Gasteiger charge is -2.01. The first-order valence-corrected chi connectivity index (χ1v) is 3.83. The largest absolute Gasteiger partial charge is 0.315 e. The number of hydrogen-bond acceptors (Lipinski definition) is 4. The highest BCUT2D eigenvalue weighted by molar-refractivity contribution is 6.18. The van der Waals surface area contributed by atoms with Gasteiger partial charge < -0.3 is 5.73 Å². The van der Waals surface area contributed by atoms with Crippen molar-refractivity contribution in [3.05, 3.63) is 17.5 Å². The molecule has 0 fully saturated rings. The van der Waals surface area contributed by atoms with Gasteiger partial charge in [-0.1, -0.05) is 0 Å². The topological polar surface area (TPSA) is 96.2 Å². The number of rotatable bonds is 1. The molecule has 2 rings (SSSR count). The highest BCUT2D eigenvalue weighted by atomic mass is 16.2. The molecule has 1 aliphatic rings. The Balaban J connectivity index is 2.39. The van der Waals surface area contributed by atoms with Crippen molar-refractivity contribution in [2.45, 2.75) is 13.0 Å². The molecule has 4 N–H and O–H groups in total. The molecule has 6 nitrogen and oxygen atoms in total. The molecule has 0 aromatic carbocycles. The number of aromatic nitrogens is 2. The van der Waals surface area contributed by atoms with Crippen molar-refractivity contribution in [2.24, 2.45) is 10.8 Å². The number of carbonyl (C=O) groups is 1. The zero-order chi connectivity index (χ0) is 9.42. The third kappa shape index (κ3) is 1.11. The minimum atomic E-state index is -0.695. The Morgan fingerprint density at radius 1 is 1.62 bits per heavy atom. The molecule has 1 aliphatic heterocycles. The van der Waals surface area contributed by atoms with Gasteiger partial charge in [0.2, 0.25) is 0 Å². The van der Waals surface area contributed by atoms with Crippen LogP contribution in [-0.4, -0.2) is 27.9 Å². The first-order chi connectivity index (χ1) is 6.20. The lowest BCUT2D eigenvalue weighted by Crippen LogP contribution is -2.38. The molecule has 68 valence electrons. The van der Waals surface area contributed by atoms with Gasteiger partial charge in [0, 0.05) is 0 Å². The van der Waals surface area contributed by atoms with Crippen molar-refractivity contribution in [1.29, 1.82) is 0 Å². The molecule has 1 unspecified atom stereocenters. The number of hydrazone groups is 1. The smallest absolute Gasteiger partial charge is 0.263 e. The van der Waals surface area contributed by atoms with Crippen LogP contribution in [0.4, 0.5) is 0 Å². The van der Waals surface area contributed by atoms with Crippen LogP contribution in [-0.2, 0) is 4.79 Å². The normalized spacial score (nSPS) is 21.5. The van der Waals surface area contributed by atoms with Crippen molar-refractivity contribution in [2.75, 3.05) is 0 Å². The Morgan fingerprint density at radius 3 is 2.85 bits per heavy atom. The van der Waals surface area contributed by atoms with Crippen LogP contribution in [0.3, 0.4) is 0 Å². The Kier molecular flexibility index (Phi) is 1.63. The second kappa shape index (κ2) is 2.67. The maximum atomic E-state index is 11.0. The predicted octanol–water partition coefficient (Wildman–Crippen LogP) is -1.12. The number of carbonyl (C=O) groups excluding carboxylic acids is 1. The van der Waals surface area contributed by atoms with Gasteiger partial charge in [-0.25, -0.2) is 5.43 Å². The van der Waals surface area contributed by atoms with Gasteiger partial charge in [0.1, 0.15) is 11.8 Å². The molecule has 0 aliphatic carbocycles. The summed E-state index contributed by atoms with van der Waals surface area (Å²) >= 11 is 0. The Hall–Kier alpha value is -1.69. The standard InChI is InChI=1S/C7H9N5O/c1-3-2-9-10-5(3)6-4(8)7(13)12-11-6/h2,4H,8H2,1H3,(H,9,10)(H,12,13). The Bertz CT molecular complexity index is 380. The van der Waals surface area contributed by atoms with Crippen LogP contribution in [0.1, 0.15) is 11.3 Å². The number of aromatic amines is 1. The molecule has 0 spiro atoms. The summed E-state index contributed by atoms with van der Waals surface area (Å²) < 4.78 is 0. The van der Waals surface area contributed by atoms with Crippen LogP contribution in [0.5, 0.6) is 0 Å². The SMILES string of the molecule is Cc1cn[nH]c1C1=NNC(=O)C1N. The van der Waals surface area contributed by atoms with Crippen molar-refractivity contribution < 1.29 is 4.79 Å². The van der Waals surface area contributed by atoms with E-state index < -0.39 is 6.04 Å². The van der Waals surface area contributed by atoms with E-state index in [1.807, 2.05) is 6.92 Å². The van der Waals surface area contributed by atoms with Crippen LogP contribution in [0.15, 0.2) is 11.3 Å². The first-order valence-electron chi connectivity index (χ1n) is 3.83. The third-order valence-corrected chi connectivity index (χ3v) is 1.95. The van der Waals surface area contributed by atoms with Crippen molar-refractivity contribution >= 4 is 11.6 Å². The molecule has 13 heavy (non-hydrogen) atoms. The van der Waals surface area contributed by atoms with Crippen molar-refractivity contribution in [3.63, 3.8) is 0 Å². The summed E-state index contributed by atoms with van der Waals surface area (Å²) in [5.41, 5.74) is 10.1. The lowest BCUT2D eigenvalue weighted by molar-refractivity contribution is -0.120. The summed E-state index contributed by atoms with van der Waals surface area (Å²) in [4.78, 5) is 11.0. The minimum Gasteiger partial charge on any atom is -0.315 e. The van der Waals surface area contributed by atoms with Crippen LogP contribution in [0.2, 0.25) is 0 Å². The highest BCUT2D eigenvalue weighted by Gasteiger charge is 2.28. The molecule has 0 saturated carbocycles. The Morgan fingerprint density at radius 2 is 2.38 bits per heavy atom. The molecule has 1 aromatic rings. The van der Waals surface area contributed by atoms with Gasteiger partial charge in [0.25, 0.3) is 5.91 Å². The van der Waals surface area contributed by atoms with Gasteiger partial charge in [0.05, 0.1) is 11.9 Å². The molecule has 2 heterocycles. The quantitative estimate of drug-likeness (QED) is 0.509. The van der Waals surface area contributed by atoms with E-state index in [0.29, 0.717) is 11.4 Å². The number of hydrogen-bond donors (Lipinski definition) is 3. The van der Waals surface area contributed by atoms with Gasteiger partial charge in [0.15, 0.2) is 0 Å². The second-order valence-corrected chi connectivity index (χ2v) is 2.88. The fourth-order valence-electron chi connectivity index (χ4n) is 1.20. The van der Waals surface area contributed by atoms with E-state index in [1.54, 1.807) is 6.20 Å². The molecule has 6 heteroatoms. The number of aryl methyl sites for hydroxylation is 1. The second-order valence-electron chi connectivity index (χ2n) is 2.88. The lowest BCUT2D eigenvalue weighted by atomic mass is 10.1. The van der Waals surface area contributed by atoms with Crippen LogP contribution in [0.25, 0.3) is 0 Å². The van der Waals surface area contributed by atoms with Crippen LogP contribution >= 0.6 is 0 Å². The van der Waals surface area contributed by atoms with Crippen molar-refractivity contribution in [3.8, 4) is 0 Å². The molecular formula is C7H9N5O. The predicted molar refractivity (Wildman–Crippen MR) is 46.0 cm³/mol.